The molecule has 3 rings (SSSR count). The van der Waals surface area contributed by atoms with Crippen LogP contribution >= 0.6 is 45.5 Å². The van der Waals surface area contributed by atoms with Gasteiger partial charge in [0, 0.05) is 15.5 Å². The van der Waals surface area contributed by atoms with E-state index in [4.69, 9.17) is 11.6 Å². The number of benzene rings is 1. The van der Waals surface area contributed by atoms with Gasteiger partial charge in [0.2, 0.25) is 0 Å². The van der Waals surface area contributed by atoms with Crippen molar-refractivity contribution >= 4 is 51.4 Å². The third-order valence-corrected chi connectivity index (χ3v) is 5.21. The maximum atomic E-state index is 12.0. The van der Waals surface area contributed by atoms with Gasteiger partial charge in [0.05, 0.1) is 21.5 Å². The Morgan fingerprint density at radius 3 is 2.70 bits per heavy atom. The van der Waals surface area contributed by atoms with Crippen LogP contribution in [0.4, 0.5) is 0 Å². The summed E-state index contributed by atoms with van der Waals surface area (Å²) >= 11 is 9.39. The molecule has 7 heteroatoms. The van der Waals surface area contributed by atoms with Crippen LogP contribution in [0.5, 0.6) is 0 Å². The fourth-order valence-electron chi connectivity index (χ4n) is 2.18. The van der Waals surface area contributed by atoms with Gasteiger partial charge in [-0.3, -0.25) is 4.79 Å². The van der Waals surface area contributed by atoms with Crippen LogP contribution in [-0.4, -0.2) is 15.5 Å². The number of aryl methyl sites for hydroxylation is 1. The lowest BCUT2D eigenvalue weighted by atomic mass is 10.3. The summed E-state index contributed by atoms with van der Waals surface area (Å²) in [5.41, 5.74) is 1.87. The minimum absolute atomic E-state index is 0.136. The SMILES string of the molecule is Cc1nc(CNC(=O)c2ccc(Cl)s2)cn1-c1ccc(I)cc1. The number of hydrogen-bond donors (Lipinski definition) is 1. The Morgan fingerprint density at radius 2 is 2.04 bits per heavy atom. The molecular weight excluding hydrogens is 445 g/mol. The Hall–Kier alpha value is -1.38. The van der Waals surface area contributed by atoms with Gasteiger partial charge in [-0.15, -0.1) is 11.3 Å². The van der Waals surface area contributed by atoms with Gasteiger partial charge in [0.1, 0.15) is 5.82 Å². The first-order valence-electron chi connectivity index (χ1n) is 6.87. The highest BCUT2D eigenvalue weighted by Gasteiger charge is 2.10. The number of carbonyl (C=O) groups is 1. The Labute approximate surface area is 156 Å². The number of hydrogen-bond acceptors (Lipinski definition) is 3. The smallest absolute Gasteiger partial charge is 0.261 e. The molecule has 0 bridgehead atoms. The van der Waals surface area contributed by atoms with Gasteiger partial charge in [0.15, 0.2) is 0 Å². The summed E-state index contributed by atoms with van der Waals surface area (Å²) < 4.78 is 3.81. The molecule has 0 aliphatic carbocycles. The van der Waals surface area contributed by atoms with Crippen molar-refractivity contribution in [3.63, 3.8) is 0 Å². The second-order valence-electron chi connectivity index (χ2n) is 4.91. The highest BCUT2D eigenvalue weighted by Crippen LogP contribution is 2.21. The minimum Gasteiger partial charge on any atom is -0.346 e. The Morgan fingerprint density at radius 1 is 1.30 bits per heavy atom. The summed E-state index contributed by atoms with van der Waals surface area (Å²) in [6.45, 7) is 2.33. The highest BCUT2D eigenvalue weighted by atomic mass is 127. The summed E-state index contributed by atoms with van der Waals surface area (Å²) in [6.07, 6.45) is 1.94. The zero-order valence-corrected chi connectivity index (χ0v) is 15.9. The van der Waals surface area contributed by atoms with Crippen LogP contribution in [0, 0.1) is 10.5 Å². The first kappa shape index (κ1) is 16.5. The summed E-state index contributed by atoms with van der Waals surface area (Å²) in [7, 11) is 0. The zero-order chi connectivity index (χ0) is 16.4. The molecule has 0 atom stereocenters. The molecule has 1 amide bonds. The van der Waals surface area contributed by atoms with E-state index in [9.17, 15) is 4.79 Å². The molecule has 0 saturated heterocycles. The Balaban J connectivity index is 1.71. The average Bonchev–Trinajstić information content (AvgIpc) is 3.12. The van der Waals surface area contributed by atoms with Gasteiger partial charge >= 0.3 is 0 Å². The molecule has 0 aliphatic heterocycles. The molecule has 0 aliphatic rings. The van der Waals surface area contributed by atoms with Crippen molar-refractivity contribution in [3.05, 3.63) is 66.9 Å². The van der Waals surface area contributed by atoms with Crippen LogP contribution in [-0.2, 0) is 6.54 Å². The molecule has 2 aromatic heterocycles. The van der Waals surface area contributed by atoms with Gasteiger partial charge in [0.25, 0.3) is 5.91 Å². The lowest BCUT2D eigenvalue weighted by Crippen LogP contribution is -2.21. The Bertz CT molecular complexity index is 841. The lowest BCUT2D eigenvalue weighted by molar-refractivity contribution is 0.0954. The molecule has 3 aromatic rings. The summed E-state index contributed by atoms with van der Waals surface area (Å²) in [4.78, 5) is 17.1. The van der Waals surface area contributed by atoms with Crippen LogP contribution in [0.2, 0.25) is 4.34 Å². The third kappa shape index (κ3) is 3.94. The monoisotopic (exact) mass is 457 g/mol. The third-order valence-electron chi connectivity index (χ3n) is 3.26. The number of nitrogens with zero attached hydrogens (tertiary/aromatic N) is 2. The molecule has 0 unspecified atom stereocenters. The number of rotatable bonds is 4. The van der Waals surface area contributed by atoms with Crippen LogP contribution in [0.3, 0.4) is 0 Å². The van der Waals surface area contributed by atoms with Crippen LogP contribution < -0.4 is 5.32 Å². The van der Waals surface area contributed by atoms with Gasteiger partial charge in [-0.1, -0.05) is 11.6 Å². The molecule has 0 spiro atoms. The number of aromatic nitrogens is 2. The van der Waals surface area contributed by atoms with E-state index in [1.165, 1.54) is 14.9 Å². The fourth-order valence-corrected chi connectivity index (χ4v) is 3.49. The topological polar surface area (TPSA) is 46.9 Å². The average molecular weight is 458 g/mol. The van der Waals surface area contributed by atoms with Gasteiger partial charge in [-0.25, -0.2) is 4.98 Å². The number of halogens is 2. The highest BCUT2D eigenvalue weighted by molar-refractivity contribution is 14.1. The second-order valence-corrected chi connectivity index (χ2v) is 7.87. The quantitative estimate of drug-likeness (QED) is 0.589. The van der Waals surface area contributed by atoms with Gasteiger partial charge in [-0.05, 0) is 65.9 Å². The van der Waals surface area contributed by atoms with E-state index in [2.05, 4.69) is 45.0 Å². The van der Waals surface area contributed by atoms with E-state index in [0.717, 1.165) is 17.2 Å². The van der Waals surface area contributed by atoms with E-state index in [-0.39, 0.29) is 5.91 Å². The standard InChI is InChI=1S/C16H13ClIN3OS/c1-10-20-12(8-19-16(22)14-6-7-15(17)23-14)9-21(10)13-4-2-11(18)3-5-13/h2-7,9H,8H2,1H3,(H,19,22). The zero-order valence-electron chi connectivity index (χ0n) is 12.2. The first-order valence-corrected chi connectivity index (χ1v) is 9.14. The van der Waals surface area contributed by atoms with Crippen molar-refractivity contribution in [2.45, 2.75) is 13.5 Å². The predicted octanol–water partition coefficient (Wildman–Crippen LogP) is 4.43. The fraction of sp³-hybridized carbons (Fsp3) is 0.125. The summed E-state index contributed by atoms with van der Waals surface area (Å²) in [5, 5.41) is 2.87. The Kier molecular flexibility index (Phi) is 5.03. The molecule has 2 heterocycles. The maximum Gasteiger partial charge on any atom is 0.261 e. The molecular formula is C16H13ClIN3OS. The maximum absolute atomic E-state index is 12.0. The summed E-state index contributed by atoms with van der Waals surface area (Å²) in [6, 6.07) is 11.6. The molecule has 1 N–H and O–H groups in total. The van der Waals surface area contributed by atoms with E-state index in [0.29, 0.717) is 15.8 Å². The van der Waals surface area contributed by atoms with Crippen molar-refractivity contribution in [3.8, 4) is 5.69 Å². The number of carbonyl (C=O) groups excluding carboxylic acids is 1. The first-order chi connectivity index (χ1) is 11.0. The van der Waals surface area contributed by atoms with Crippen molar-refractivity contribution in [1.82, 2.24) is 14.9 Å². The number of nitrogens with one attached hydrogen (secondary N) is 1. The van der Waals surface area contributed by atoms with E-state index in [1.807, 2.05) is 29.8 Å². The predicted molar refractivity (Wildman–Crippen MR) is 102 cm³/mol. The number of amides is 1. The van der Waals surface area contributed by atoms with Crippen molar-refractivity contribution in [2.75, 3.05) is 0 Å². The van der Waals surface area contributed by atoms with Crippen LogP contribution in [0.1, 0.15) is 21.2 Å². The minimum atomic E-state index is -0.136. The number of imidazole rings is 1. The van der Waals surface area contributed by atoms with Crippen LogP contribution in [0.25, 0.3) is 5.69 Å². The normalized spacial score (nSPS) is 10.7. The van der Waals surface area contributed by atoms with E-state index < -0.39 is 0 Å². The van der Waals surface area contributed by atoms with Crippen molar-refractivity contribution < 1.29 is 4.79 Å². The van der Waals surface area contributed by atoms with Crippen LogP contribution in [0.15, 0.2) is 42.6 Å². The second kappa shape index (κ2) is 7.02. The molecule has 23 heavy (non-hydrogen) atoms. The lowest BCUT2D eigenvalue weighted by Gasteiger charge is -2.04. The van der Waals surface area contributed by atoms with Crippen molar-refractivity contribution in [2.24, 2.45) is 0 Å². The molecule has 4 nitrogen and oxygen atoms in total. The van der Waals surface area contributed by atoms with Gasteiger partial charge < -0.3 is 9.88 Å². The van der Waals surface area contributed by atoms with E-state index >= 15 is 0 Å². The summed E-state index contributed by atoms with van der Waals surface area (Å²) in [5.74, 6) is 0.748. The molecule has 0 radical (unpaired) electrons. The molecule has 1 aromatic carbocycles. The van der Waals surface area contributed by atoms with E-state index in [1.54, 1.807) is 12.1 Å². The molecule has 118 valence electrons. The number of thiophene rings is 1. The van der Waals surface area contributed by atoms with Gasteiger partial charge in [-0.2, -0.15) is 0 Å². The van der Waals surface area contributed by atoms with Crippen molar-refractivity contribution in [1.29, 1.82) is 0 Å². The molecule has 0 fully saturated rings. The molecule has 0 saturated carbocycles. The largest absolute Gasteiger partial charge is 0.346 e.